The molecule has 0 aliphatic carbocycles. The minimum Gasteiger partial charge on any atom is -0.481 e. The van der Waals surface area contributed by atoms with E-state index < -0.39 is 33.9 Å². The van der Waals surface area contributed by atoms with Gasteiger partial charge in [-0.1, -0.05) is 20.8 Å². The molecule has 2 atom stereocenters. The summed E-state index contributed by atoms with van der Waals surface area (Å²) < 4.78 is 24.1. The Labute approximate surface area is 113 Å². The minimum atomic E-state index is -3.79. The van der Waals surface area contributed by atoms with Crippen molar-refractivity contribution in [2.45, 2.75) is 33.2 Å². The van der Waals surface area contributed by atoms with Crippen molar-refractivity contribution < 1.29 is 28.2 Å². The third-order valence-corrected chi connectivity index (χ3v) is 3.88. The topological polar surface area (TPSA) is 112 Å². The SMILES string of the molecule is CC(C)CC(C(=O)O)N(CC(C)C(=O)O)S(C)(=O)=O. The molecule has 0 aromatic rings. The van der Waals surface area contributed by atoms with Crippen LogP contribution in [0.4, 0.5) is 0 Å². The summed E-state index contributed by atoms with van der Waals surface area (Å²) in [5, 5.41) is 18.0. The Kier molecular flexibility index (Phi) is 6.44. The highest BCUT2D eigenvalue weighted by Gasteiger charge is 2.34. The molecule has 0 saturated carbocycles. The van der Waals surface area contributed by atoms with Gasteiger partial charge < -0.3 is 10.2 Å². The first-order chi connectivity index (χ1) is 8.46. The van der Waals surface area contributed by atoms with Gasteiger partial charge >= 0.3 is 11.9 Å². The fourth-order valence-electron chi connectivity index (χ4n) is 1.63. The average Bonchev–Trinajstić information content (AvgIpc) is 2.20. The molecule has 0 bridgehead atoms. The summed E-state index contributed by atoms with van der Waals surface area (Å²) in [5.41, 5.74) is 0. The molecular formula is C11H21NO6S. The van der Waals surface area contributed by atoms with E-state index in [0.717, 1.165) is 10.6 Å². The molecular weight excluding hydrogens is 274 g/mol. The second-order valence-corrected chi connectivity index (χ2v) is 6.99. The van der Waals surface area contributed by atoms with Crippen LogP contribution in [0.3, 0.4) is 0 Å². The van der Waals surface area contributed by atoms with Crippen molar-refractivity contribution in [2.75, 3.05) is 12.8 Å². The van der Waals surface area contributed by atoms with Gasteiger partial charge in [0, 0.05) is 6.54 Å². The lowest BCUT2D eigenvalue weighted by Gasteiger charge is -2.29. The number of carboxylic acids is 2. The van der Waals surface area contributed by atoms with E-state index in [1.54, 1.807) is 13.8 Å². The predicted octanol–water partition coefficient (Wildman–Crippen LogP) is 0.468. The van der Waals surface area contributed by atoms with Gasteiger partial charge in [-0.25, -0.2) is 8.42 Å². The number of carboxylic acid groups (broad SMARTS) is 2. The molecule has 0 rings (SSSR count). The number of nitrogens with zero attached hydrogens (tertiary/aromatic N) is 1. The van der Waals surface area contributed by atoms with Crippen LogP contribution in [0.25, 0.3) is 0 Å². The van der Waals surface area contributed by atoms with E-state index in [0.29, 0.717) is 0 Å². The monoisotopic (exact) mass is 295 g/mol. The van der Waals surface area contributed by atoms with Crippen molar-refractivity contribution in [2.24, 2.45) is 11.8 Å². The van der Waals surface area contributed by atoms with E-state index in [2.05, 4.69) is 0 Å². The molecule has 8 heteroatoms. The largest absolute Gasteiger partial charge is 0.481 e. The number of rotatable bonds is 8. The highest BCUT2D eigenvalue weighted by atomic mass is 32.2. The zero-order chi connectivity index (χ0) is 15.4. The van der Waals surface area contributed by atoms with Crippen molar-refractivity contribution in [1.82, 2.24) is 4.31 Å². The smallest absolute Gasteiger partial charge is 0.322 e. The molecule has 0 aliphatic rings. The predicted molar refractivity (Wildman–Crippen MR) is 69.2 cm³/mol. The maximum absolute atomic E-state index is 11.7. The first kappa shape index (κ1) is 17.8. The first-order valence-corrected chi connectivity index (χ1v) is 7.74. The maximum Gasteiger partial charge on any atom is 0.322 e. The Morgan fingerprint density at radius 2 is 1.58 bits per heavy atom. The highest BCUT2D eigenvalue weighted by molar-refractivity contribution is 7.88. The minimum absolute atomic E-state index is 0.0227. The first-order valence-electron chi connectivity index (χ1n) is 5.89. The Hall–Kier alpha value is -1.15. The van der Waals surface area contributed by atoms with Gasteiger partial charge in [0.15, 0.2) is 0 Å². The molecule has 0 aromatic heterocycles. The molecule has 7 nitrogen and oxygen atoms in total. The summed E-state index contributed by atoms with van der Waals surface area (Å²) in [4.78, 5) is 22.0. The fourth-order valence-corrected chi connectivity index (χ4v) is 2.76. The number of aliphatic carboxylic acids is 2. The second kappa shape index (κ2) is 6.85. The van der Waals surface area contributed by atoms with Crippen LogP contribution in [-0.4, -0.2) is 53.7 Å². The van der Waals surface area contributed by atoms with Gasteiger partial charge in [-0.15, -0.1) is 0 Å². The molecule has 0 fully saturated rings. The molecule has 0 aliphatic heterocycles. The standard InChI is InChI=1S/C11H21NO6S/c1-7(2)5-9(11(15)16)12(19(4,17)18)6-8(3)10(13)14/h7-9H,5-6H2,1-4H3,(H,13,14)(H,15,16). The van der Waals surface area contributed by atoms with Crippen molar-refractivity contribution in [1.29, 1.82) is 0 Å². The second-order valence-electron chi connectivity index (χ2n) is 5.06. The van der Waals surface area contributed by atoms with Crippen LogP contribution in [0.15, 0.2) is 0 Å². The van der Waals surface area contributed by atoms with Crippen molar-refractivity contribution in [3.8, 4) is 0 Å². The van der Waals surface area contributed by atoms with Crippen LogP contribution in [0.5, 0.6) is 0 Å². The zero-order valence-corrected chi connectivity index (χ0v) is 12.3. The Morgan fingerprint density at radius 1 is 1.11 bits per heavy atom. The molecule has 2 N–H and O–H groups in total. The van der Waals surface area contributed by atoms with E-state index in [9.17, 15) is 18.0 Å². The van der Waals surface area contributed by atoms with Crippen molar-refractivity contribution in [3.05, 3.63) is 0 Å². The van der Waals surface area contributed by atoms with Crippen LogP contribution in [-0.2, 0) is 19.6 Å². The molecule has 0 amide bonds. The summed E-state index contributed by atoms with van der Waals surface area (Å²) in [5.74, 6) is -3.42. The van der Waals surface area contributed by atoms with Gasteiger partial charge in [-0.2, -0.15) is 4.31 Å². The lowest BCUT2D eigenvalue weighted by molar-refractivity contribution is -0.145. The summed E-state index contributed by atoms with van der Waals surface area (Å²) in [6.07, 6.45) is 1.02. The molecule has 0 heterocycles. The van der Waals surface area contributed by atoms with Gasteiger partial charge in [0.1, 0.15) is 6.04 Å². The van der Waals surface area contributed by atoms with Gasteiger partial charge in [-0.05, 0) is 12.3 Å². The van der Waals surface area contributed by atoms with Crippen molar-refractivity contribution in [3.63, 3.8) is 0 Å². The van der Waals surface area contributed by atoms with Crippen LogP contribution in [0.2, 0.25) is 0 Å². The maximum atomic E-state index is 11.7. The molecule has 112 valence electrons. The molecule has 2 unspecified atom stereocenters. The van der Waals surface area contributed by atoms with Gasteiger partial charge in [-0.3, -0.25) is 9.59 Å². The Morgan fingerprint density at radius 3 is 1.84 bits per heavy atom. The van der Waals surface area contributed by atoms with Crippen LogP contribution in [0, 0.1) is 11.8 Å². The van der Waals surface area contributed by atoms with E-state index in [1.165, 1.54) is 6.92 Å². The molecule has 0 aromatic carbocycles. The summed E-state index contributed by atoms with van der Waals surface area (Å²) in [6.45, 7) is 4.54. The van der Waals surface area contributed by atoms with E-state index in [1.807, 2.05) is 0 Å². The van der Waals surface area contributed by atoms with Crippen LogP contribution in [0.1, 0.15) is 27.2 Å². The number of hydrogen-bond donors (Lipinski definition) is 2. The third-order valence-electron chi connectivity index (χ3n) is 2.63. The average molecular weight is 295 g/mol. The molecule has 0 saturated heterocycles. The summed E-state index contributed by atoms with van der Waals surface area (Å²) >= 11 is 0. The molecule has 0 spiro atoms. The van der Waals surface area contributed by atoms with Gasteiger partial charge in [0.05, 0.1) is 12.2 Å². The summed E-state index contributed by atoms with van der Waals surface area (Å²) in [6, 6.07) is -1.24. The lowest BCUT2D eigenvalue weighted by atomic mass is 10.0. The third kappa shape index (κ3) is 6.02. The zero-order valence-electron chi connectivity index (χ0n) is 11.5. The number of hydrogen-bond acceptors (Lipinski definition) is 4. The number of carbonyl (C=O) groups is 2. The Balaban J connectivity index is 5.32. The quantitative estimate of drug-likeness (QED) is 0.673. The van der Waals surface area contributed by atoms with Crippen molar-refractivity contribution >= 4 is 22.0 Å². The van der Waals surface area contributed by atoms with Crippen LogP contribution < -0.4 is 0 Å². The van der Waals surface area contributed by atoms with Gasteiger partial charge in [0.2, 0.25) is 10.0 Å². The molecule has 19 heavy (non-hydrogen) atoms. The highest BCUT2D eigenvalue weighted by Crippen LogP contribution is 2.17. The summed E-state index contributed by atoms with van der Waals surface area (Å²) in [7, 11) is -3.79. The van der Waals surface area contributed by atoms with E-state index in [4.69, 9.17) is 10.2 Å². The van der Waals surface area contributed by atoms with E-state index in [-0.39, 0.29) is 18.9 Å². The molecule has 0 radical (unpaired) electrons. The van der Waals surface area contributed by atoms with E-state index >= 15 is 0 Å². The fraction of sp³-hybridized carbons (Fsp3) is 0.818. The Bertz CT molecular complexity index is 430. The van der Waals surface area contributed by atoms with Gasteiger partial charge in [0.25, 0.3) is 0 Å². The van der Waals surface area contributed by atoms with Crippen LogP contribution >= 0.6 is 0 Å². The number of sulfonamides is 1. The normalized spacial score (nSPS) is 15.5. The lowest BCUT2D eigenvalue weighted by Crippen LogP contribution is -2.48.